The molecule has 1 aromatic heterocycles. The number of aryl methyl sites for hydroxylation is 1. The van der Waals surface area contributed by atoms with Crippen LogP contribution in [0, 0.1) is 6.92 Å². The second-order valence-electron chi connectivity index (χ2n) is 10.2. The number of amides is 2. The first-order valence-corrected chi connectivity index (χ1v) is 14.6. The molecule has 222 valence electrons. The number of ether oxygens (including phenoxy) is 1. The molecule has 0 unspecified atom stereocenters. The number of aromatic nitrogens is 3. The molecule has 0 aliphatic carbocycles. The third-order valence-corrected chi connectivity index (χ3v) is 7.22. The van der Waals surface area contributed by atoms with Gasteiger partial charge in [0.1, 0.15) is 23.4 Å². The van der Waals surface area contributed by atoms with E-state index in [1.165, 1.54) is 6.07 Å². The molecule has 0 saturated heterocycles. The van der Waals surface area contributed by atoms with Crippen LogP contribution in [0.1, 0.15) is 61.4 Å². The van der Waals surface area contributed by atoms with E-state index in [1.807, 2.05) is 60.9 Å². The summed E-state index contributed by atoms with van der Waals surface area (Å²) in [5.41, 5.74) is 3.75. The normalized spacial score (nSPS) is 13.7. The number of nitrogens with zero attached hydrogens (tertiary/aromatic N) is 4. The van der Waals surface area contributed by atoms with E-state index in [4.69, 9.17) is 21.3 Å². The van der Waals surface area contributed by atoms with Crippen molar-refractivity contribution >= 4 is 34.8 Å². The quantitative estimate of drug-likeness (QED) is 0.194. The number of hydrogen-bond acceptors (Lipinski definition) is 7. The monoisotopic (exact) mass is 600 g/mol. The molecule has 0 fully saturated rings. The lowest BCUT2D eigenvalue weighted by molar-refractivity contribution is -0.121. The summed E-state index contributed by atoms with van der Waals surface area (Å²) in [7, 11) is 0. The molecule has 11 heteroatoms. The maximum Gasteiger partial charge on any atom is 0.224 e. The summed E-state index contributed by atoms with van der Waals surface area (Å²) < 4.78 is 8.05. The largest absolute Gasteiger partial charge is 0.508 e. The maximum atomic E-state index is 12.7. The van der Waals surface area contributed by atoms with Crippen LogP contribution >= 0.6 is 11.6 Å². The van der Waals surface area contributed by atoms with Crippen molar-refractivity contribution < 1.29 is 19.4 Å². The number of anilines is 1. The highest BCUT2D eigenvalue weighted by Gasteiger charge is 2.30. The molecule has 1 aliphatic heterocycles. The number of carbonyl (C=O) groups excluding carboxylic acids is 2. The van der Waals surface area contributed by atoms with Gasteiger partial charge in [-0.15, -0.1) is 10.2 Å². The van der Waals surface area contributed by atoms with E-state index in [0.29, 0.717) is 66.2 Å². The summed E-state index contributed by atoms with van der Waals surface area (Å²) in [4.78, 5) is 30.0. The first kappa shape index (κ1) is 29.8. The molecule has 10 nitrogen and oxygen atoms in total. The SMILES string of the molecule is CCNC(=O)C[C@@H]1N=C(c2ccc(Cl)cc2)c2cc(OCCCCC(=O)Nc3cccc(O)c3)ccc2-n2c(C)nnc21. The summed E-state index contributed by atoms with van der Waals surface area (Å²) in [6.45, 7) is 4.69. The predicted molar refractivity (Wildman–Crippen MR) is 165 cm³/mol. The van der Waals surface area contributed by atoms with Gasteiger partial charge in [-0.05, 0) is 69.2 Å². The lowest BCUT2D eigenvalue weighted by Gasteiger charge is -2.15. The first-order chi connectivity index (χ1) is 20.8. The van der Waals surface area contributed by atoms with Crippen LogP contribution in [0.25, 0.3) is 5.69 Å². The lowest BCUT2D eigenvalue weighted by Crippen LogP contribution is -2.25. The molecule has 0 saturated carbocycles. The number of nitrogens with one attached hydrogen (secondary N) is 2. The highest BCUT2D eigenvalue weighted by Crippen LogP contribution is 2.34. The molecule has 4 aromatic rings. The maximum absolute atomic E-state index is 12.7. The van der Waals surface area contributed by atoms with Crippen molar-refractivity contribution in [2.75, 3.05) is 18.5 Å². The van der Waals surface area contributed by atoms with Gasteiger partial charge in [-0.2, -0.15) is 0 Å². The molecule has 0 bridgehead atoms. The Labute approximate surface area is 254 Å². The zero-order valence-corrected chi connectivity index (χ0v) is 24.8. The number of fused-ring (bicyclic) bond motifs is 3. The van der Waals surface area contributed by atoms with Gasteiger partial charge in [0.15, 0.2) is 5.82 Å². The van der Waals surface area contributed by atoms with E-state index in [0.717, 1.165) is 16.8 Å². The fourth-order valence-corrected chi connectivity index (χ4v) is 5.10. The predicted octanol–water partition coefficient (Wildman–Crippen LogP) is 5.54. The number of aromatic hydroxyl groups is 1. The average molecular weight is 601 g/mol. The van der Waals surface area contributed by atoms with Crippen molar-refractivity contribution in [2.24, 2.45) is 4.99 Å². The van der Waals surface area contributed by atoms with Crippen LogP contribution in [0.2, 0.25) is 5.02 Å². The Morgan fingerprint density at radius 3 is 2.60 bits per heavy atom. The van der Waals surface area contributed by atoms with E-state index < -0.39 is 6.04 Å². The standard InChI is InChI=1S/C32H33ClN6O4/c1-3-34-30(42)19-27-32-38-37-20(2)39(32)28-15-14-25(18-26(28)31(36-27)21-10-12-22(33)13-11-21)43-16-5-4-9-29(41)35-23-7-6-8-24(40)17-23/h6-8,10-15,17-18,27,40H,3-5,9,16,19H2,1-2H3,(H,34,42)(H,35,41)/t27-/m0/s1. The molecule has 3 aromatic carbocycles. The Morgan fingerprint density at radius 2 is 1.84 bits per heavy atom. The number of aliphatic imine (C=N–C) groups is 1. The smallest absolute Gasteiger partial charge is 0.224 e. The summed E-state index contributed by atoms with van der Waals surface area (Å²) >= 11 is 6.20. The summed E-state index contributed by atoms with van der Waals surface area (Å²) in [6, 6.07) is 19.1. The van der Waals surface area contributed by atoms with Gasteiger partial charge in [0.2, 0.25) is 11.8 Å². The fourth-order valence-electron chi connectivity index (χ4n) is 4.97. The molecule has 2 heterocycles. The Hall–Kier alpha value is -4.70. The second kappa shape index (κ2) is 13.5. The number of rotatable bonds is 11. The number of benzene rings is 3. The van der Waals surface area contributed by atoms with Gasteiger partial charge in [-0.3, -0.25) is 19.1 Å². The van der Waals surface area contributed by atoms with E-state index >= 15 is 0 Å². The van der Waals surface area contributed by atoms with Crippen LogP contribution in [-0.4, -0.2) is 50.5 Å². The van der Waals surface area contributed by atoms with Gasteiger partial charge < -0.3 is 20.5 Å². The van der Waals surface area contributed by atoms with Gasteiger partial charge in [0, 0.05) is 40.9 Å². The van der Waals surface area contributed by atoms with E-state index in [9.17, 15) is 14.7 Å². The Morgan fingerprint density at radius 1 is 1.02 bits per heavy atom. The van der Waals surface area contributed by atoms with E-state index in [-0.39, 0.29) is 24.0 Å². The third kappa shape index (κ3) is 7.21. The van der Waals surface area contributed by atoms with Gasteiger partial charge in [-0.25, -0.2) is 0 Å². The van der Waals surface area contributed by atoms with Gasteiger partial charge >= 0.3 is 0 Å². The molecular weight excluding hydrogens is 568 g/mol. The summed E-state index contributed by atoms with van der Waals surface area (Å²) in [6.07, 6.45) is 1.77. The fraction of sp³-hybridized carbons (Fsp3) is 0.281. The zero-order chi connectivity index (χ0) is 30.3. The van der Waals surface area contributed by atoms with Crippen molar-refractivity contribution in [3.8, 4) is 17.2 Å². The van der Waals surface area contributed by atoms with Crippen molar-refractivity contribution in [2.45, 2.75) is 45.6 Å². The second-order valence-corrected chi connectivity index (χ2v) is 10.6. The zero-order valence-electron chi connectivity index (χ0n) is 24.0. The van der Waals surface area contributed by atoms with E-state index in [1.54, 1.807) is 18.2 Å². The highest BCUT2D eigenvalue weighted by atomic mass is 35.5. The Bertz CT molecular complexity index is 1650. The molecule has 0 radical (unpaired) electrons. The molecule has 5 rings (SSSR count). The van der Waals surface area contributed by atoms with Crippen molar-refractivity contribution in [1.82, 2.24) is 20.1 Å². The molecule has 43 heavy (non-hydrogen) atoms. The summed E-state index contributed by atoms with van der Waals surface area (Å²) in [5.74, 6) is 1.78. The Kier molecular flexibility index (Phi) is 9.36. The van der Waals surface area contributed by atoms with Crippen LogP contribution in [0.15, 0.2) is 71.7 Å². The molecule has 1 aliphatic rings. The minimum Gasteiger partial charge on any atom is -0.508 e. The first-order valence-electron chi connectivity index (χ1n) is 14.2. The van der Waals surface area contributed by atoms with Crippen LogP contribution in [0.3, 0.4) is 0 Å². The van der Waals surface area contributed by atoms with E-state index in [2.05, 4.69) is 20.8 Å². The lowest BCUT2D eigenvalue weighted by atomic mass is 10.00. The van der Waals surface area contributed by atoms with Crippen LogP contribution < -0.4 is 15.4 Å². The number of hydrogen-bond donors (Lipinski definition) is 3. The molecule has 2 amide bonds. The number of unbranched alkanes of at least 4 members (excludes halogenated alkanes) is 1. The minimum atomic E-state index is -0.554. The van der Waals surface area contributed by atoms with Crippen LogP contribution in [-0.2, 0) is 9.59 Å². The molecule has 3 N–H and O–H groups in total. The number of phenols is 1. The number of halogens is 1. The molecular formula is C32H33ClN6O4. The van der Waals surface area contributed by atoms with Crippen molar-refractivity contribution in [1.29, 1.82) is 0 Å². The minimum absolute atomic E-state index is 0.101. The van der Waals surface area contributed by atoms with Gasteiger partial charge in [0.25, 0.3) is 0 Å². The average Bonchev–Trinajstić information content (AvgIpc) is 3.30. The summed E-state index contributed by atoms with van der Waals surface area (Å²) in [5, 5.41) is 24.6. The topological polar surface area (TPSA) is 131 Å². The van der Waals surface area contributed by atoms with Crippen molar-refractivity contribution in [3.63, 3.8) is 0 Å². The highest BCUT2D eigenvalue weighted by molar-refractivity contribution is 6.30. The third-order valence-electron chi connectivity index (χ3n) is 6.96. The number of phenolic OH excluding ortho intramolecular Hbond substituents is 1. The van der Waals surface area contributed by atoms with Crippen molar-refractivity contribution in [3.05, 3.63) is 94.5 Å². The van der Waals surface area contributed by atoms with Crippen LogP contribution in [0.5, 0.6) is 11.5 Å². The number of carbonyl (C=O) groups is 2. The van der Waals surface area contributed by atoms with Gasteiger partial charge in [0.05, 0.1) is 24.4 Å². The molecule has 0 spiro atoms. The Balaban J connectivity index is 1.35. The van der Waals surface area contributed by atoms with Crippen LogP contribution in [0.4, 0.5) is 5.69 Å². The van der Waals surface area contributed by atoms with Gasteiger partial charge in [-0.1, -0.05) is 29.8 Å². The molecule has 1 atom stereocenters.